The molecule has 0 aliphatic carbocycles. The Balaban J connectivity index is 3.34. The summed E-state index contributed by atoms with van der Waals surface area (Å²) in [4.78, 5) is 12.8. The van der Waals surface area contributed by atoms with Gasteiger partial charge in [-0.15, -0.1) is 0 Å². The predicted molar refractivity (Wildman–Crippen MR) is 28.1 cm³/mol. The Labute approximate surface area is 52.3 Å². The second kappa shape index (κ2) is 4.26. The third-order valence-electron chi connectivity index (χ3n) is 0.960. The summed E-state index contributed by atoms with van der Waals surface area (Å²) in [5, 5.41) is 8.69. The van der Waals surface area contributed by atoms with E-state index in [1.165, 1.54) is 0 Å². The largest absolute Gasteiger partial charge is 0.393 e. The van der Waals surface area contributed by atoms with Gasteiger partial charge in [0.25, 0.3) is 0 Å². The summed E-state index contributed by atoms with van der Waals surface area (Å²) in [6.45, 7) is 1.69. The van der Waals surface area contributed by atoms with Crippen LogP contribution in [-0.4, -0.2) is 17.2 Å². The molecule has 0 heterocycles. The summed E-state index contributed by atoms with van der Waals surface area (Å²) in [5.41, 5.74) is 0. The second-order valence-corrected chi connectivity index (χ2v) is 1.72. The van der Waals surface area contributed by atoms with E-state index in [-0.39, 0.29) is 6.42 Å². The molecule has 0 fully saturated rings. The maximum Gasteiger partial charge on any atom is 0.351 e. The zero-order valence-corrected chi connectivity index (χ0v) is 5.13. The van der Waals surface area contributed by atoms with Crippen molar-refractivity contribution in [2.45, 2.75) is 25.9 Å². The SMILES string of the molecule is CCC(O)CC(=O)OF. The third-order valence-corrected chi connectivity index (χ3v) is 0.960. The van der Waals surface area contributed by atoms with Crippen molar-refractivity contribution in [2.24, 2.45) is 0 Å². The molecule has 0 amide bonds. The van der Waals surface area contributed by atoms with Crippen molar-refractivity contribution < 1.29 is 19.4 Å². The number of carbonyl (C=O) groups excluding carboxylic acids is 1. The quantitative estimate of drug-likeness (QED) is 0.617. The van der Waals surface area contributed by atoms with E-state index in [4.69, 9.17) is 5.11 Å². The molecule has 0 saturated carbocycles. The summed E-state index contributed by atoms with van der Waals surface area (Å²) < 4.78 is 10.9. The van der Waals surface area contributed by atoms with Gasteiger partial charge in [-0.25, -0.2) is 4.79 Å². The Hall–Kier alpha value is -0.640. The zero-order valence-electron chi connectivity index (χ0n) is 5.13. The normalized spacial score (nSPS) is 12.8. The van der Waals surface area contributed by atoms with Crippen molar-refractivity contribution >= 4 is 5.97 Å². The van der Waals surface area contributed by atoms with Gasteiger partial charge in [0.15, 0.2) is 0 Å². The maximum absolute atomic E-state index is 10.9. The molecule has 4 heteroatoms. The van der Waals surface area contributed by atoms with Crippen molar-refractivity contribution in [3.05, 3.63) is 0 Å². The lowest BCUT2D eigenvalue weighted by Gasteiger charge is -2.01. The minimum atomic E-state index is -1.02. The van der Waals surface area contributed by atoms with Crippen molar-refractivity contribution in [1.29, 1.82) is 0 Å². The predicted octanol–water partition coefficient (Wildman–Crippen LogP) is 0.575. The van der Waals surface area contributed by atoms with Crippen LogP contribution in [0, 0.1) is 0 Å². The third kappa shape index (κ3) is 3.90. The number of rotatable bonds is 3. The minimum absolute atomic E-state index is 0.271. The van der Waals surface area contributed by atoms with Gasteiger partial charge in [0.1, 0.15) is 0 Å². The molecule has 0 spiro atoms. The van der Waals surface area contributed by atoms with Gasteiger partial charge in [-0.3, -0.25) is 4.94 Å². The van der Waals surface area contributed by atoms with Gasteiger partial charge in [0, 0.05) is 4.53 Å². The molecule has 0 rings (SSSR count). The van der Waals surface area contributed by atoms with E-state index in [9.17, 15) is 9.32 Å². The van der Waals surface area contributed by atoms with E-state index < -0.39 is 12.1 Å². The summed E-state index contributed by atoms with van der Waals surface area (Å²) >= 11 is 0. The monoisotopic (exact) mass is 136 g/mol. The van der Waals surface area contributed by atoms with Crippen LogP contribution >= 0.6 is 0 Å². The number of hydrogen-bond acceptors (Lipinski definition) is 3. The minimum Gasteiger partial charge on any atom is -0.393 e. The fourth-order valence-corrected chi connectivity index (χ4v) is 0.368. The van der Waals surface area contributed by atoms with E-state index >= 15 is 0 Å². The number of halogens is 1. The van der Waals surface area contributed by atoms with Gasteiger partial charge in [-0.2, -0.15) is 0 Å². The second-order valence-electron chi connectivity index (χ2n) is 1.72. The maximum atomic E-state index is 10.9. The highest BCUT2D eigenvalue weighted by atomic mass is 19.3. The van der Waals surface area contributed by atoms with Gasteiger partial charge in [-0.1, -0.05) is 6.92 Å². The molecule has 0 aromatic carbocycles. The summed E-state index contributed by atoms with van der Waals surface area (Å²) in [7, 11) is 0. The lowest BCUT2D eigenvalue weighted by atomic mass is 10.2. The van der Waals surface area contributed by atoms with Crippen LogP contribution < -0.4 is 0 Å². The van der Waals surface area contributed by atoms with Gasteiger partial charge in [0.2, 0.25) is 0 Å². The van der Waals surface area contributed by atoms with Gasteiger partial charge in [-0.05, 0) is 6.42 Å². The first-order chi connectivity index (χ1) is 4.20. The molecule has 0 aromatic rings. The molecular weight excluding hydrogens is 127 g/mol. The van der Waals surface area contributed by atoms with Crippen LogP contribution in [-0.2, 0) is 9.74 Å². The molecule has 1 N–H and O–H groups in total. The molecule has 0 bridgehead atoms. The highest BCUT2D eigenvalue weighted by Gasteiger charge is 2.09. The van der Waals surface area contributed by atoms with Crippen molar-refractivity contribution in [3.63, 3.8) is 0 Å². The summed E-state index contributed by atoms with van der Waals surface area (Å²) in [5.74, 6) is -1.02. The van der Waals surface area contributed by atoms with Crippen LogP contribution in [0.1, 0.15) is 19.8 Å². The number of aliphatic hydroxyl groups excluding tert-OH is 1. The van der Waals surface area contributed by atoms with E-state index in [0.717, 1.165) is 0 Å². The molecule has 3 nitrogen and oxygen atoms in total. The Morgan fingerprint density at radius 2 is 2.44 bits per heavy atom. The van der Waals surface area contributed by atoms with Crippen molar-refractivity contribution in [1.82, 2.24) is 0 Å². The molecule has 0 aliphatic rings. The Bertz CT molecular complexity index is 94.2. The van der Waals surface area contributed by atoms with Crippen molar-refractivity contribution in [3.8, 4) is 0 Å². The molecular formula is C5H9FO3. The average molecular weight is 136 g/mol. The van der Waals surface area contributed by atoms with Crippen LogP contribution in [0.3, 0.4) is 0 Å². The van der Waals surface area contributed by atoms with Crippen LogP contribution in [0.15, 0.2) is 0 Å². The van der Waals surface area contributed by atoms with E-state index in [0.29, 0.717) is 6.42 Å². The smallest absolute Gasteiger partial charge is 0.351 e. The van der Waals surface area contributed by atoms with E-state index in [1.54, 1.807) is 6.92 Å². The standard InChI is InChI=1S/C5H9FO3/c1-2-4(7)3-5(8)9-6/h4,7H,2-3H2,1H3. The lowest BCUT2D eigenvalue weighted by molar-refractivity contribution is -0.185. The summed E-state index contributed by atoms with van der Waals surface area (Å²) in [6, 6.07) is 0. The zero-order chi connectivity index (χ0) is 7.28. The first-order valence-electron chi connectivity index (χ1n) is 2.70. The first kappa shape index (κ1) is 8.36. The molecule has 9 heavy (non-hydrogen) atoms. The number of aliphatic hydroxyl groups is 1. The fourth-order valence-electron chi connectivity index (χ4n) is 0.368. The van der Waals surface area contributed by atoms with Gasteiger partial charge >= 0.3 is 5.97 Å². The van der Waals surface area contributed by atoms with Crippen LogP contribution in [0.5, 0.6) is 0 Å². The number of hydrogen-bond donors (Lipinski definition) is 1. The van der Waals surface area contributed by atoms with Gasteiger partial charge in [0.05, 0.1) is 12.5 Å². The molecule has 1 atom stereocenters. The van der Waals surface area contributed by atoms with E-state index in [2.05, 4.69) is 4.94 Å². The molecule has 1 unspecified atom stereocenters. The molecule has 0 radical (unpaired) electrons. The van der Waals surface area contributed by atoms with Crippen LogP contribution in [0.2, 0.25) is 0 Å². The van der Waals surface area contributed by atoms with Gasteiger partial charge < -0.3 is 5.11 Å². The molecule has 0 aromatic heterocycles. The fraction of sp³-hybridized carbons (Fsp3) is 0.800. The summed E-state index contributed by atoms with van der Waals surface area (Å²) in [6.07, 6.45) is -0.629. The van der Waals surface area contributed by atoms with Crippen LogP contribution in [0.25, 0.3) is 0 Å². The Morgan fingerprint density at radius 3 is 2.78 bits per heavy atom. The average Bonchev–Trinajstić information content (AvgIpc) is 1.87. The molecule has 0 saturated heterocycles. The number of carbonyl (C=O) groups is 1. The van der Waals surface area contributed by atoms with E-state index in [1.807, 2.05) is 0 Å². The lowest BCUT2D eigenvalue weighted by Crippen LogP contribution is -2.11. The highest BCUT2D eigenvalue weighted by molar-refractivity contribution is 5.69. The Kier molecular flexibility index (Phi) is 3.96. The Morgan fingerprint density at radius 1 is 1.89 bits per heavy atom. The molecule has 0 aliphatic heterocycles. The highest BCUT2D eigenvalue weighted by Crippen LogP contribution is 1.97. The first-order valence-corrected chi connectivity index (χ1v) is 2.70. The van der Waals surface area contributed by atoms with Crippen LogP contribution in [0.4, 0.5) is 4.53 Å². The van der Waals surface area contributed by atoms with Crippen molar-refractivity contribution in [2.75, 3.05) is 0 Å². The topological polar surface area (TPSA) is 46.5 Å². The molecule has 54 valence electrons.